The molecular weight excluding hydrogens is 366 g/mol. The van der Waals surface area contributed by atoms with E-state index in [0.29, 0.717) is 6.07 Å². The number of hydrogen-bond donors (Lipinski definition) is 1. The lowest BCUT2D eigenvalue weighted by Gasteiger charge is -2.20. The van der Waals surface area contributed by atoms with Crippen molar-refractivity contribution in [3.8, 4) is 0 Å². The Morgan fingerprint density at radius 1 is 1.35 bits per heavy atom. The van der Waals surface area contributed by atoms with Gasteiger partial charge in [-0.25, -0.2) is 4.85 Å². The molecule has 5 nitrogen and oxygen atoms in total. The van der Waals surface area contributed by atoms with E-state index >= 15 is 0 Å². The molecule has 2 rings (SSSR count). The van der Waals surface area contributed by atoms with Crippen LogP contribution in [0.5, 0.6) is 0 Å². The molecular formula is C15H12F6N4O. The summed E-state index contributed by atoms with van der Waals surface area (Å²) < 4.78 is 76.0. The van der Waals surface area contributed by atoms with Crippen LogP contribution in [0, 0.1) is 6.57 Å². The van der Waals surface area contributed by atoms with E-state index < -0.39 is 47.5 Å². The summed E-state index contributed by atoms with van der Waals surface area (Å²) in [5.41, 5.74) is -3.72. The minimum atomic E-state index is -4.80. The van der Waals surface area contributed by atoms with Crippen LogP contribution < -0.4 is 5.32 Å². The minimum Gasteiger partial charge on any atom is -0.324 e. The summed E-state index contributed by atoms with van der Waals surface area (Å²) in [6.45, 7) is 8.01. The number of nitrogens with one attached hydrogen (secondary N) is 1. The number of azo groups is 1. The topological polar surface area (TPSA) is 58.2 Å². The monoisotopic (exact) mass is 378 g/mol. The van der Waals surface area contributed by atoms with Crippen molar-refractivity contribution in [2.75, 3.05) is 5.32 Å². The van der Waals surface area contributed by atoms with Crippen molar-refractivity contribution in [1.82, 2.24) is 0 Å². The molecule has 0 aromatic heterocycles. The maximum atomic E-state index is 12.9. The zero-order valence-corrected chi connectivity index (χ0v) is 13.2. The predicted molar refractivity (Wildman–Crippen MR) is 78.7 cm³/mol. The van der Waals surface area contributed by atoms with Gasteiger partial charge in [0.15, 0.2) is 11.2 Å². The third kappa shape index (κ3) is 4.50. The minimum absolute atomic E-state index is 0.245. The Morgan fingerprint density at radius 2 is 2.00 bits per heavy atom. The maximum Gasteiger partial charge on any atom is 0.407 e. The molecule has 1 heterocycles. The Hall–Kier alpha value is -2.64. The van der Waals surface area contributed by atoms with E-state index in [1.165, 1.54) is 6.92 Å². The van der Waals surface area contributed by atoms with Crippen LogP contribution in [0.15, 0.2) is 28.4 Å². The molecule has 0 aliphatic carbocycles. The van der Waals surface area contributed by atoms with Gasteiger partial charge in [-0.1, -0.05) is 6.07 Å². The Morgan fingerprint density at radius 3 is 2.54 bits per heavy atom. The molecule has 0 fully saturated rings. The summed E-state index contributed by atoms with van der Waals surface area (Å²) in [7, 11) is 0. The molecule has 2 atom stereocenters. The number of carbonyl (C=O) groups excluding carboxylic acids is 1. The van der Waals surface area contributed by atoms with Crippen LogP contribution in [0.25, 0.3) is 4.85 Å². The third-order valence-corrected chi connectivity index (χ3v) is 3.71. The fourth-order valence-electron chi connectivity index (χ4n) is 2.47. The molecule has 1 aliphatic heterocycles. The molecule has 0 saturated carbocycles. The summed E-state index contributed by atoms with van der Waals surface area (Å²) >= 11 is 0. The SMILES string of the molecule is [C-]#[N+]c1ccc(NC(=O)C2(C)CC(CC(F)(F)F)N=N2)cc1C(F)(F)F. The second kappa shape index (κ2) is 6.59. The molecule has 0 bridgehead atoms. The number of carbonyl (C=O) groups is 1. The average molecular weight is 378 g/mol. The smallest absolute Gasteiger partial charge is 0.324 e. The first-order valence-corrected chi connectivity index (χ1v) is 7.23. The van der Waals surface area contributed by atoms with E-state index in [1.807, 2.05) is 0 Å². The normalized spacial score (nSPS) is 22.9. The molecule has 0 radical (unpaired) electrons. The molecule has 2 unspecified atom stereocenters. The number of amides is 1. The van der Waals surface area contributed by atoms with Crippen LogP contribution in [-0.2, 0) is 11.0 Å². The number of nitrogens with zero attached hydrogens (tertiary/aromatic N) is 3. The number of benzene rings is 1. The van der Waals surface area contributed by atoms with Gasteiger partial charge in [0.05, 0.1) is 24.6 Å². The first-order valence-electron chi connectivity index (χ1n) is 7.23. The van der Waals surface area contributed by atoms with Crippen molar-refractivity contribution in [3.63, 3.8) is 0 Å². The zero-order valence-electron chi connectivity index (χ0n) is 13.2. The van der Waals surface area contributed by atoms with Gasteiger partial charge in [0, 0.05) is 12.1 Å². The summed E-state index contributed by atoms with van der Waals surface area (Å²) in [4.78, 5) is 15.0. The van der Waals surface area contributed by atoms with Gasteiger partial charge in [-0.3, -0.25) is 4.79 Å². The van der Waals surface area contributed by atoms with Crippen molar-refractivity contribution < 1.29 is 31.1 Å². The highest BCUT2D eigenvalue weighted by Gasteiger charge is 2.44. The summed E-state index contributed by atoms with van der Waals surface area (Å²) in [5.74, 6) is -0.880. The lowest BCUT2D eigenvalue weighted by Crippen LogP contribution is -2.38. The standard InChI is InChI=1S/C15H12F6N4O/c1-13(6-9(24-25-13)7-14(16,17)18)12(26)23-8-3-4-11(22-2)10(5-8)15(19,20)21/h3-5,9H,6-7H2,1H3,(H,23,26). The number of rotatable bonds is 3. The van der Waals surface area contributed by atoms with Gasteiger partial charge in [0.1, 0.15) is 0 Å². The van der Waals surface area contributed by atoms with E-state index in [0.717, 1.165) is 12.1 Å². The van der Waals surface area contributed by atoms with Crippen LogP contribution in [0.3, 0.4) is 0 Å². The van der Waals surface area contributed by atoms with Crippen LogP contribution in [-0.4, -0.2) is 23.7 Å². The molecule has 0 spiro atoms. The quantitative estimate of drug-likeness (QED) is 0.575. The highest BCUT2D eigenvalue weighted by atomic mass is 19.4. The predicted octanol–water partition coefficient (Wildman–Crippen LogP) is 5.13. The van der Waals surface area contributed by atoms with Crippen LogP contribution >= 0.6 is 0 Å². The first kappa shape index (κ1) is 19.7. The number of alkyl halides is 6. The molecule has 1 aromatic rings. The highest BCUT2D eigenvalue weighted by molar-refractivity contribution is 5.98. The number of halogens is 6. The summed E-state index contributed by atoms with van der Waals surface area (Å²) in [5, 5.41) is 9.22. The van der Waals surface area contributed by atoms with Gasteiger partial charge in [0.25, 0.3) is 5.91 Å². The molecule has 0 saturated heterocycles. The van der Waals surface area contributed by atoms with Crippen LogP contribution in [0.4, 0.5) is 37.7 Å². The second-order valence-corrected chi connectivity index (χ2v) is 5.96. The maximum absolute atomic E-state index is 12.9. The van der Waals surface area contributed by atoms with Crippen LogP contribution in [0.1, 0.15) is 25.3 Å². The number of anilines is 1. The van der Waals surface area contributed by atoms with E-state index in [-0.39, 0.29) is 12.1 Å². The van der Waals surface area contributed by atoms with E-state index in [9.17, 15) is 31.1 Å². The molecule has 1 N–H and O–H groups in total. The van der Waals surface area contributed by atoms with E-state index in [1.54, 1.807) is 0 Å². The van der Waals surface area contributed by atoms with Gasteiger partial charge in [-0.2, -0.15) is 36.6 Å². The van der Waals surface area contributed by atoms with Gasteiger partial charge in [-0.05, 0) is 19.1 Å². The fourth-order valence-corrected chi connectivity index (χ4v) is 2.47. The molecule has 1 aliphatic rings. The van der Waals surface area contributed by atoms with Gasteiger partial charge in [0.2, 0.25) is 0 Å². The Bertz CT molecular complexity index is 780. The molecule has 26 heavy (non-hydrogen) atoms. The number of hydrogen-bond acceptors (Lipinski definition) is 3. The lowest BCUT2D eigenvalue weighted by atomic mass is 9.93. The largest absolute Gasteiger partial charge is 0.407 e. The van der Waals surface area contributed by atoms with Crippen molar-refractivity contribution in [1.29, 1.82) is 0 Å². The molecule has 140 valence electrons. The fraction of sp³-hybridized carbons (Fsp3) is 0.467. The lowest BCUT2D eigenvalue weighted by molar-refractivity contribution is -0.139. The van der Waals surface area contributed by atoms with Gasteiger partial charge < -0.3 is 5.32 Å². The van der Waals surface area contributed by atoms with Gasteiger partial charge in [-0.15, -0.1) is 0 Å². The van der Waals surface area contributed by atoms with Crippen molar-refractivity contribution in [2.45, 2.75) is 43.7 Å². The van der Waals surface area contributed by atoms with Crippen LogP contribution in [0.2, 0.25) is 0 Å². The first-order chi connectivity index (χ1) is 11.8. The Kier molecular flexibility index (Phi) is 4.98. The second-order valence-electron chi connectivity index (χ2n) is 5.96. The van der Waals surface area contributed by atoms with Crippen molar-refractivity contribution in [3.05, 3.63) is 35.2 Å². The molecule has 1 amide bonds. The molecule has 11 heteroatoms. The van der Waals surface area contributed by atoms with Crippen molar-refractivity contribution in [2.24, 2.45) is 10.2 Å². The Labute approximate surface area is 143 Å². The summed E-state index contributed by atoms with van der Waals surface area (Å²) in [6, 6.07) is 1.37. The Balaban J connectivity index is 2.16. The van der Waals surface area contributed by atoms with E-state index in [4.69, 9.17) is 6.57 Å². The highest BCUT2D eigenvalue weighted by Crippen LogP contribution is 2.39. The van der Waals surface area contributed by atoms with Crippen molar-refractivity contribution >= 4 is 17.3 Å². The van der Waals surface area contributed by atoms with Gasteiger partial charge >= 0.3 is 12.4 Å². The van der Waals surface area contributed by atoms with E-state index in [2.05, 4.69) is 20.4 Å². The third-order valence-electron chi connectivity index (χ3n) is 3.71. The summed E-state index contributed by atoms with van der Waals surface area (Å²) in [6.07, 6.45) is -10.8. The molecule has 1 aromatic carbocycles. The average Bonchev–Trinajstić information content (AvgIpc) is 2.86. The zero-order chi connectivity index (χ0) is 19.8.